The van der Waals surface area contributed by atoms with Crippen molar-refractivity contribution in [3.63, 3.8) is 0 Å². The molecule has 0 bridgehead atoms. The fourth-order valence-electron chi connectivity index (χ4n) is 5.00. The Balaban J connectivity index is 0.000000276. The minimum absolute atomic E-state index is 0.0270. The molecule has 1 aromatic carbocycles. The van der Waals surface area contributed by atoms with Crippen LogP contribution in [-0.2, 0) is 21.5 Å². The Morgan fingerprint density at radius 3 is 1.90 bits per heavy atom. The maximum Gasteiger partial charge on any atom is 0.490 e. The van der Waals surface area contributed by atoms with Crippen molar-refractivity contribution < 1.29 is 50.9 Å². The summed E-state index contributed by atoms with van der Waals surface area (Å²) in [7, 11) is 0. The van der Waals surface area contributed by atoms with Crippen molar-refractivity contribution in [3.8, 4) is 0 Å². The number of halogens is 6. The lowest BCUT2D eigenvalue weighted by atomic mass is 9.85. The summed E-state index contributed by atoms with van der Waals surface area (Å²) in [6.07, 6.45) is -4.99. The van der Waals surface area contributed by atoms with Crippen LogP contribution in [-0.4, -0.2) is 88.0 Å². The van der Waals surface area contributed by atoms with Crippen LogP contribution >= 0.6 is 0 Å². The molecule has 2 amide bonds. The maximum absolute atomic E-state index is 12.9. The molecule has 2 aromatic rings. The van der Waals surface area contributed by atoms with E-state index in [0.717, 1.165) is 58.5 Å². The highest BCUT2D eigenvalue weighted by atomic mass is 19.4. The van der Waals surface area contributed by atoms with E-state index in [2.05, 4.69) is 46.2 Å². The van der Waals surface area contributed by atoms with Gasteiger partial charge in [0.05, 0.1) is 16.8 Å². The van der Waals surface area contributed by atoms with Crippen molar-refractivity contribution in [2.24, 2.45) is 0 Å². The summed E-state index contributed by atoms with van der Waals surface area (Å²) in [5.41, 5.74) is 3.70. The number of aliphatic carboxylic acids is 2. The second kappa shape index (κ2) is 12.6. The maximum atomic E-state index is 12.9. The number of rotatable bonds is 2. The van der Waals surface area contributed by atoms with E-state index in [0.29, 0.717) is 0 Å². The van der Waals surface area contributed by atoms with Gasteiger partial charge in [-0.15, -0.1) is 0 Å². The molecule has 1 aromatic heterocycles. The van der Waals surface area contributed by atoms with Gasteiger partial charge in [-0.1, -0.05) is 30.3 Å². The average Bonchev–Trinajstić information content (AvgIpc) is 3.65. The van der Waals surface area contributed by atoms with E-state index in [1.807, 2.05) is 17.2 Å². The first-order valence-corrected chi connectivity index (χ1v) is 12.5. The number of carbonyl (C=O) groups excluding carboxylic acids is 1. The standard InChI is InChI=1S/C22H26N4O.2C2HF3O2/c27-21(24-12-4-5-13-24)25-14-10-22(16-25)17-26(15-18-7-2-1-3-8-18)19-9-6-11-23-20(19)22;2*3-2(4,5)1(6)7/h1-3,6-9,11H,4-5,10,12-17H2;2*(H,6,7). The van der Waals surface area contributed by atoms with Crippen LogP contribution in [0.15, 0.2) is 48.7 Å². The molecule has 224 valence electrons. The number of hydrogen-bond donors (Lipinski definition) is 2. The highest BCUT2D eigenvalue weighted by Crippen LogP contribution is 2.45. The van der Waals surface area contributed by atoms with Gasteiger partial charge in [0.15, 0.2) is 0 Å². The smallest absolute Gasteiger partial charge is 0.475 e. The molecule has 0 saturated carbocycles. The molecule has 0 radical (unpaired) electrons. The number of aromatic nitrogens is 1. The van der Waals surface area contributed by atoms with Crippen LogP contribution in [0.25, 0.3) is 0 Å². The van der Waals surface area contributed by atoms with Crippen molar-refractivity contribution in [2.75, 3.05) is 37.6 Å². The van der Waals surface area contributed by atoms with E-state index in [-0.39, 0.29) is 11.4 Å². The van der Waals surface area contributed by atoms with E-state index in [9.17, 15) is 31.1 Å². The second-order valence-electron chi connectivity index (χ2n) is 9.75. The minimum Gasteiger partial charge on any atom is -0.475 e. The van der Waals surface area contributed by atoms with Gasteiger partial charge in [-0.3, -0.25) is 4.98 Å². The number of alkyl halides is 6. The molecular weight excluding hydrogens is 562 g/mol. The molecule has 2 saturated heterocycles. The third-order valence-electron chi connectivity index (χ3n) is 6.83. The Kier molecular flexibility index (Phi) is 9.71. The molecule has 41 heavy (non-hydrogen) atoms. The van der Waals surface area contributed by atoms with E-state index < -0.39 is 24.3 Å². The average molecular weight is 591 g/mol. The number of likely N-dealkylation sites (tertiary alicyclic amines) is 2. The van der Waals surface area contributed by atoms with E-state index >= 15 is 0 Å². The normalized spacial score (nSPS) is 19.7. The molecule has 5 rings (SSSR count). The van der Waals surface area contributed by atoms with E-state index in [1.54, 1.807) is 0 Å². The third kappa shape index (κ3) is 8.01. The predicted octanol–water partition coefficient (Wildman–Crippen LogP) is 4.53. The predicted molar refractivity (Wildman–Crippen MR) is 133 cm³/mol. The molecule has 1 atom stereocenters. The van der Waals surface area contributed by atoms with Gasteiger partial charge in [-0.25, -0.2) is 14.4 Å². The van der Waals surface area contributed by atoms with Gasteiger partial charge in [-0.05, 0) is 37.0 Å². The third-order valence-corrected chi connectivity index (χ3v) is 6.83. The lowest BCUT2D eigenvalue weighted by molar-refractivity contribution is -0.193. The van der Waals surface area contributed by atoms with Crippen LogP contribution in [0.2, 0.25) is 0 Å². The number of carboxylic acids is 2. The second-order valence-corrected chi connectivity index (χ2v) is 9.75. The highest BCUT2D eigenvalue weighted by Gasteiger charge is 2.50. The van der Waals surface area contributed by atoms with Crippen molar-refractivity contribution >= 4 is 23.7 Å². The summed E-state index contributed by atoms with van der Waals surface area (Å²) in [4.78, 5) is 42.0. The summed E-state index contributed by atoms with van der Waals surface area (Å²) in [6, 6.07) is 15.0. The lowest BCUT2D eigenvalue weighted by Gasteiger charge is -2.28. The van der Waals surface area contributed by atoms with Crippen LogP contribution in [0.4, 0.5) is 36.8 Å². The number of nitrogens with zero attached hydrogens (tertiary/aromatic N) is 4. The zero-order valence-electron chi connectivity index (χ0n) is 21.7. The number of amides is 2. The van der Waals surface area contributed by atoms with Crippen LogP contribution in [0.5, 0.6) is 0 Å². The summed E-state index contributed by atoms with van der Waals surface area (Å²) >= 11 is 0. The van der Waals surface area contributed by atoms with Crippen LogP contribution < -0.4 is 4.90 Å². The van der Waals surface area contributed by atoms with Crippen LogP contribution in [0.3, 0.4) is 0 Å². The largest absolute Gasteiger partial charge is 0.490 e. The SMILES string of the molecule is O=C(N1CCCC1)N1CCC2(C1)CN(Cc1ccccc1)c1cccnc12.O=C(O)C(F)(F)F.O=C(O)C(F)(F)F. The van der Waals surface area contributed by atoms with Crippen molar-refractivity contribution in [2.45, 2.75) is 43.6 Å². The first-order chi connectivity index (χ1) is 19.1. The number of carboxylic acid groups (broad SMARTS) is 2. The molecule has 3 aliphatic heterocycles. The van der Waals surface area contributed by atoms with Gasteiger partial charge >= 0.3 is 30.3 Å². The number of hydrogen-bond acceptors (Lipinski definition) is 5. The Morgan fingerprint density at radius 2 is 1.37 bits per heavy atom. The van der Waals surface area contributed by atoms with Crippen molar-refractivity contribution in [1.29, 1.82) is 0 Å². The van der Waals surface area contributed by atoms with Gasteiger partial charge < -0.3 is 24.9 Å². The van der Waals surface area contributed by atoms with E-state index in [1.165, 1.54) is 16.9 Å². The molecule has 9 nitrogen and oxygen atoms in total. The summed E-state index contributed by atoms with van der Waals surface area (Å²) in [5.74, 6) is -5.51. The number of benzene rings is 1. The molecule has 4 heterocycles. The van der Waals surface area contributed by atoms with Crippen LogP contribution in [0.1, 0.15) is 30.5 Å². The molecule has 2 N–H and O–H groups in total. The van der Waals surface area contributed by atoms with Gasteiger partial charge in [-0.2, -0.15) is 26.3 Å². The van der Waals surface area contributed by atoms with Gasteiger partial charge in [0.25, 0.3) is 0 Å². The number of urea groups is 1. The zero-order valence-corrected chi connectivity index (χ0v) is 21.7. The fourth-order valence-corrected chi connectivity index (χ4v) is 5.00. The fraction of sp³-hybridized carbons (Fsp3) is 0.462. The molecule has 1 spiro atoms. The van der Waals surface area contributed by atoms with Crippen LogP contribution in [0, 0.1) is 0 Å². The summed E-state index contributed by atoms with van der Waals surface area (Å²) < 4.78 is 63.5. The highest BCUT2D eigenvalue weighted by molar-refractivity contribution is 5.76. The Hall–Kier alpha value is -4.04. The van der Waals surface area contributed by atoms with Gasteiger partial charge in [0.1, 0.15) is 0 Å². The molecule has 2 fully saturated rings. The molecule has 1 unspecified atom stereocenters. The number of carbonyl (C=O) groups is 3. The zero-order chi connectivity index (χ0) is 30.4. The number of pyridine rings is 1. The molecule has 3 aliphatic rings. The van der Waals surface area contributed by atoms with E-state index in [4.69, 9.17) is 24.8 Å². The Bertz CT molecular complexity index is 1200. The molecule has 0 aliphatic carbocycles. The quantitative estimate of drug-likeness (QED) is 0.495. The molecule has 15 heteroatoms. The molecular formula is C26H28F6N4O5. The lowest BCUT2D eigenvalue weighted by Crippen LogP contribution is -2.43. The number of fused-ring (bicyclic) bond motifs is 2. The van der Waals surface area contributed by atoms with Gasteiger partial charge in [0, 0.05) is 45.5 Å². The minimum atomic E-state index is -5.08. The Morgan fingerprint density at radius 1 is 0.805 bits per heavy atom. The van der Waals surface area contributed by atoms with Crippen molar-refractivity contribution in [1.82, 2.24) is 14.8 Å². The topological polar surface area (TPSA) is 114 Å². The van der Waals surface area contributed by atoms with Crippen molar-refractivity contribution in [3.05, 3.63) is 59.9 Å². The summed E-state index contributed by atoms with van der Waals surface area (Å²) in [5, 5.41) is 14.2. The first-order valence-electron chi connectivity index (χ1n) is 12.5. The number of anilines is 1. The summed E-state index contributed by atoms with van der Waals surface area (Å²) in [6.45, 7) is 5.29. The Labute approximate surface area is 231 Å². The van der Waals surface area contributed by atoms with Gasteiger partial charge in [0.2, 0.25) is 0 Å². The monoisotopic (exact) mass is 590 g/mol. The first kappa shape index (κ1) is 31.5.